The van der Waals surface area contributed by atoms with Crippen molar-refractivity contribution >= 4 is 39.5 Å². The van der Waals surface area contributed by atoms with Gasteiger partial charge in [-0.25, -0.2) is 17.9 Å². The number of rotatable bonds is 6. The number of hydrazine groups is 1. The topological polar surface area (TPSA) is 125 Å². The van der Waals surface area contributed by atoms with Gasteiger partial charge in [-0.15, -0.1) is 0 Å². The number of hydrogen-bond donors (Lipinski definition) is 3. The van der Waals surface area contributed by atoms with Gasteiger partial charge in [0.05, 0.1) is 5.02 Å². The van der Waals surface area contributed by atoms with Gasteiger partial charge in [-0.3, -0.25) is 15.0 Å². The third-order valence-corrected chi connectivity index (χ3v) is 7.76. The zero-order valence-corrected chi connectivity index (χ0v) is 19.2. The van der Waals surface area contributed by atoms with Crippen LogP contribution in [0.15, 0.2) is 53.4 Å². The summed E-state index contributed by atoms with van der Waals surface area (Å²) >= 11 is 6.10. The number of carbonyl (C=O) groups is 3. The third kappa shape index (κ3) is 4.73. The fraction of sp³-hybridized carbons (Fsp3) is 0.318. The van der Waals surface area contributed by atoms with Gasteiger partial charge in [-0.05, 0) is 36.6 Å². The van der Waals surface area contributed by atoms with Crippen molar-refractivity contribution in [3.63, 3.8) is 0 Å². The number of carbonyl (C=O) groups excluding carboxylic acids is 3. The summed E-state index contributed by atoms with van der Waals surface area (Å²) in [5.41, 5.74) is 2.00. The minimum atomic E-state index is -4.04. The lowest BCUT2D eigenvalue weighted by molar-refractivity contribution is -0.134. The van der Waals surface area contributed by atoms with E-state index in [0.717, 1.165) is 30.9 Å². The molecule has 0 aromatic heterocycles. The Morgan fingerprint density at radius 1 is 1.06 bits per heavy atom. The average Bonchev–Trinajstić information content (AvgIpc) is 3.02. The largest absolute Gasteiger partial charge is 0.344 e. The van der Waals surface area contributed by atoms with Crippen molar-refractivity contribution in [2.24, 2.45) is 0 Å². The van der Waals surface area contributed by atoms with E-state index in [-0.39, 0.29) is 22.0 Å². The van der Waals surface area contributed by atoms with Crippen LogP contribution >= 0.6 is 11.6 Å². The van der Waals surface area contributed by atoms with Crippen molar-refractivity contribution in [2.45, 2.75) is 49.1 Å². The molecule has 9 nitrogen and oxygen atoms in total. The minimum absolute atomic E-state index is 0.0421. The zero-order chi connectivity index (χ0) is 23.6. The summed E-state index contributed by atoms with van der Waals surface area (Å²) in [6.07, 6.45) is 3.63. The highest BCUT2D eigenvalue weighted by Crippen LogP contribution is 2.33. The summed E-state index contributed by atoms with van der Waals surface area (Å²) in [6.45, 7) is 0.0421. The van der Waals surface area contributed by atoms with Crippen molar-refractivity contribution in [1.82, 2.24) is 20.5 Å². The van der Waals surface area contributed by atoms with E-state index in [1.54, 1.807) is 24.3 Å². The molecule has 1 heterocycles. The van der Waals surface area contributed by atoms with Crippen molar-refractivity contribution in [1.29, 1.82) is 0 Å². The van der Waals surface area contributed by atoms with Crippen LogP contribution < -0.4 is 15.5 Å². The Morgan fingerprint density at radius 2 is 1.76 bits per heavy atom. The van der Waals surface area contributed by atoms with Gasteiger partial charge in [-0.2, -0.15) is 5.01 Å². The maximum Gasteiger partial charge on any atom is 0.344 e. The molecule has 2 fully saturated rings. The number of nitrogens with one attached hydrogen (secondary N) is 3. The molecule has 1 aliphatic heterocycles. The van der Waals surface area contributed by atoms with E-state index in [9.17, 15) is 22.8 Å². The average molecular weight is 491 g/mol. The van der Waals surface area contributed by atoms with Gasteiger partial charge in [0, 0.05) is 12.1 Å². The number of benzene rings is 2. The van der Waals surface area contributed by atoms with Gasteiger partial charge in [0.15, 0.2) is 0 Å². The summed E-state index contributed by atoms with van der Waals surface area (Å²) in [5.74, 6) is -1.31. The van der Waals surface area contributed by atoms with Crippen molar-refractivity contribution < 1.29 is 22.8 Å². The fourth-order valence-corrected chi connectivity index (χ4v) is 5.63. The molecular formula is C22H23ClN4O5S. The van der Waals surface area contributed by atoms with Crippen LogP contribution in [0, 0.1) is 0 Å². The molecule has 0 atom stereocenters. The monoisotopic (exact) mass is 490 g/mol. The molecule has 0 unspecified atom stereocenters. The Bertz CT molecular complexity index is 1200. The highest BCUT2D eigenvalue weighted by atomic mass is 35.5. The van der Waals surface area contributed by atoms with Gasteiger partial charge in [0.25, 0.3) is 11.8 Å². The van der Waals surface area contributed by atoms with E-state index in [2.05, 4.69) is 15.5 Å². The number of amides is 4. The number of hydrogen-bond acceptors (Lipinski definition) is 5. The normalized spacial score (nSPS) is 17.8. The summed E-state index contributed by atoms with van der Waals surface area (Å²) in [4.78, 5) is 37.7. The van der Waals surface area contributed by atoms with Crippen LogP contribution in [-0.4, -0.2) is 36.8 Å². The lowest BCUT2D eigenvalue weighted by Gasteiger charge is -2.30. The summed E-state index contributed by atoms with van der Waals surface area (Å²) in [5, 5.41) is 3.30. The summed E-state index contributed by atoms with van der Waals surface area (Å²) in [6, 6.07) is 11.9. The molecule has 4 amide bonds. The second-order valence-corrected chi connectivity index (χ2v) is 10.3. The molecule has 0 bridgehead atoms. The van der Waals surface area contributed by atoms with Crippen molar-refractivity contribution in [3.8, 4) is 0 Å². The van der Waals surface area contributed by atoms with Crippen LogP contribution in [0.25, 0.3) is 0 Å². The third-order valence-electron chi connectivity index (χ3n) is 5.87. The fourth-order valence-electron chi connectivity index (χ4n) is 4.08. The number of nitrogens with zero attached hydrogens (tertiary/aromatic N) is 1. The predicted octanol–water partition coefficient (Wildman–Crippen LogP) is 2.72. The first-order valence-corrected chi connectivity index (χ1v) is 12.4. The number of sulfonamides is 1. The van der Waals surface area contributed by atoms with Gasteiger partial charge in [0.2, 0.25) is 10.0 Å². The molecule has 2 aliphatic rings. The second-order valence-electron chi connectivity index (χ2n) is 8.11. The summed E-state index contributed by atoms with van der Waals surface area (Å²) < 4.78 is 28.0. The van der Waals surface area contributed by atoms with Crippen LogP contribution in [0.2, 0.25) is 5.02 Å². The molecule has 1 aliphatic carbocycles. The van der Waals surface area contributed by atoms with E-state index in [0.29, 0.717) is 17.9 Å². The number of urea groups is 1. The highest BCUT2D eigenvalue weighted by molar-refractivity contribution is 7.89. The Morgan fingerprint density at radius 3 is 2.45 bits per heavy atom. The van der Waals surface area contributed by atoms with Gasteiger partial charge >= 0.3 is 6.03 Å². The standard InChI is InChI=1S/C22H23ClN4O5S/c23-17-10-9-16(13-18(17)33(31,32)24-14-15-7-3-1-4-8-15)19(28)26-27-20(29)22(25-21(27)30)11-5-2-6-12-22/h1,3-4,7-10,13,24H,2,5-6,11-12,14H2,(H,25,30)(H,26,28). The van der Waals surface area contributed by atoms with Gasteiger partial charge < -0.3 is 5.32 Å². The van der Waals surface area contributed by atoms with Gasteiger partial charge in [-0.1, -0.05) is 61.2 Å². The first-order valence-electron chi connectivity index (χ1n) is 10.5. The van der Waals surface area contributed by atoms with Crippen LogP contribution in [-0.2, 0) is 21.4 Å². The first-order chi connectivity index (χ1) is 15.7. The Labute approximate surface area is 196 Å². The van der Waals surface area contributed by atoms with Crippen LogP contribution in [0.1, 0.15) is 48.0 Å². The van der Waals surface area contributed by atoms with E-state index in [4.69, 9.17) is 11.6 Å². The molecule has 1 saturated heterocycles. The minimum Gasteiger partial charge on any atom is -0.322 e. The predicted molar refractivity (Wildman–Crippen MR) is 121 cm³/mol. The number of halogens is 1. The van der Waals surface area contributed by atoms with Crippen LogP contribution in [0.5, 0.6) is 0 Å². The van der Waals surface area contributed by atoms with E-state index >= 15 is 0 Å². The molecule has 11 heteroatoms. The smallest absolute Gasteiger partial charge is 0.322 e. The Balaban J connectivity index is 1.50. The zero-order valence-electron chi connectivity index (χ0n) is 17.6. The molecule has 2 aromatic carbocycles. The molecular weight excluding hydrogens is 468 g/mol. The highest BCUT2D eigenvalue weighted by Gasteiger charge is 2.52. The number of imide groups is 1. The lowest BCUT2D eigenvalue weighted by Crippen LogP contribution is -2.50. The SMILES string of the molecule is O=C(NN1C(=O)NC2(CCCCC2)C1=O)c1ccc(Cl)c(S(=O)(=O)NCc2ccccc2)c1. The van der Waals surface area contributed by atoms with E-state index in [1.165, 1.54) is 12.1 Å². The van der Waals surface area contributed by atoms with Crippen molar-refractivity contribution in [2.75, 3.05) is 0 Å². The molecule has 3 N–H and O–H groups in total. The second kappa shape index (κ2) is 9.12. The van der Waals surface area contributed by atoms with E-state index in [1.807, 2.05) is 6.07 Å². The summed E-state index contributed by atoms with van der Waals surface area (Å²) in [7, 11) is -4.04. The maximum absolute atomic E-state index is 12.9. The molecule has 1 saturated carbocycles. The molecule has 4 rings (SSSR count). The molecule has 2 aromatic rings. The molecule has 0 radical (unpaired) electrons. The molecule has 33 heavy (non-hydrogen) atoms. The van der Waals surface area contributed by atoms with E-state index < -0.39 is 33.4 Å². The van der Waals surface area contributed by atoms with Crippen LogP contribution in [0.4, 0.5) is 4.79 Å². The van der Waals surface area contributed by atoms with Gasteiger partial charge in [0.1, 0.15) is 10.4 Å². The Kier molecular flexibility index (Phi) is 6.42. The van der Waals surface area contributed by atoms with Crippen LogP contribution in [0.3, 0.4) is 0 Å². The molecule has 1 spiro atoms. The molecule has 174 valence electrons. The first kappa shape index (κ1) is 23.2. The quantitative estimate of drug-likeness (QED) is 0.537. The maximum atomic E-state index is 12.9. The Hall–Kier alpha value is -2.95. The lowest BCUT2D eigenvalue weighted by atomic mass is 9.82. The van der Waals surface area contributed by atoms with Crippen molar-refractivity contribution in [3.05, 3.63) is 64.7 Å².